The third kappa shape index (κ3) is 3.25. The topological polar surface area (TPSA) is 42.2 Å². The van der Waals surface area contributed by atoms with E-state index < -0.39 is 0 Å². The van der Waals surface area contributed by atoms with E-state index in [4.69, 9.17) is 0 Å². The lowest BCUT2D eigenvalue weighted by atomic mass is 10.1. The highest BCUT2D eigenvalue weighted by atomic mass is 79.9. The monoisotopic (exact) mass is 396 g/mol. The summed E-state index contributed by atoms with van der Waals surface area (Å²) in [6, 6.07) is 18.4. The lowest BCUT2D eigenvalue weighted by molar-refractivity contribution is 0.628. The standard InChI is InChI=1S/C19H14BrFN4/c20-17-18(14-7-4-8-15(21)11-14)24-25-10-9-16(23-19(17)25)22-12-13-5-2-1-3-6-13/h1-11H,12H2,(H,22,23). The van der Waals surface area contributed by atoms with Crippen LogP contribution in [-0.4, -0.2) is 14.6 Å². The van der Waals surface area contributed by atoms with E-state index >= 15 is 0 Å². The van der Waals surface area contributed by atoms with Crippen LogP contribution >= 0.6 is 15.9 Å². The molecule has 2 aromatic carbocycles. The van der Waals surface area contributed by atoms with Gasteiger partial charge in [-0.3, -0.25) is 0 Å². The second-order valence-corrected chi connectivity index (χ2v) is 6.39. The summed E-state index contributed by atoms with van der Waals surface area (Å²) < 4.78 is 15.9. The van der Waals surface area contributed by atoms with Gasteiger partial charge in [-0.25, -0.2) is 13.9 Å². The SMILES string of the molecule is Fc1cccc(-c2nn3ccc(NCc4ccccc4)nc3c2Br)c1. The molecule has 0 bridgehead atoms. The fourth-order valence-corrected chi connectivity index (χ4v) is 3.19. The quantitative estimate of drug-likeness (QED) is 0.532. The van der Waals surface area contributed by atoms with E-state index in [-0.39, 0.29) is 5.82 Å². The predicted molar refractivity (Wildman–Crippen MR) is 99.8 cm³/mol. The van der Waals surface area contributed by atoms with Gasteiger partial charge in [-0.2, -0.15) is 5.10 Å². The molecule has 4 rings (SSSR count). The number of nitrogens with one attached hydrogen (secondary N) is 1. The first-order chi connectivity index (χ1) is 12.2. The molecular weight excluding hydrogens is 383 g/mol. The zero-order valence-corrected chi connectivity index (χ0v) is 14.7. The minimum absolute atomic E-state index is 0.292. The van der Waals surface area contributed by atoms with E-state index in [9.17, 15) is 4.39 Å². The second-order valence-electron chi connectivity index (χ2n) is 5.59. The van der Waals surface area contributed by atoms with E-state index in [1.807, 2.05) is 36.5 Å². The van der Waals surface area contributed by atoms with Crippen LogP contribution < -0.4 is 5.32 Å². The Kier molecular flexibility index (Phi) is 4.19. The fourth-order valence-electron chi connectivity index (χ4n) is 2.61. The molecule has 0 aliphatic heterocycles. The van der Waals surface area contributed by atoms with Crippen LogP contribution in [0.1, 0.15) is 5.56 Å². The zero-order valence-electron chi connectivity index (χ0n) is 13.2. The maximum Gasteiger partial charge on any atom is 0.172 e. The summed E-state index contributed by atoms with van der Waals surface area (Å²) >= 11 is 3.55. The van der Waals surface area contributed by atoms with Gasteiger partial charge < -0.3 is 5.32 Å². The smallest absolute Gasteiger partial charge is 0.172 e. The molecule has 0 aliphatic rings. The van der Waals surface area contributed by atoms with Gasteiger partial charge in [0.05, 0.1) is 4.47 Å². The summed E-state index contributed by atoms with van der Waals surface area (Å²) in [7, 11) is 0. The molecule has 2 aromatic heterocycles. The van der Waals surface area contributed by atoms with Crippen LogP contribution in [0.4, 0.5) is 10.2 Å². The number of fused-ring (bicyclic) bond motifs is 1. The second kappa shape index (κ2) is 6.64. The van der Waals surface area contributed by atoms with Crippen LogP contribution in [-0.2, 0) is 6.54 Å². The molecule has 0 saturated heterocycles. The molecule has 0 saturated carbocycles. The van der Waals surface area contributed by atoms with Crippen LogP contribution in [0.2, 0.25) is 0 Å². The van der Waals surface area contributed by atoms with Crippen molar-refractivity contribution in [1.82, 2.24) is 14.6 Å². The van der Waals surface area contributed by atoms with Gasteiger partial charge in [-0.05, 0) is 39.7 Å². The molecule has 0 fully saturated rings. The Hall–Kier alpha value is -2.73. The highest BCUT2D eigenvalue weighted by Crippen LogP contribution is 2.30. The number of hydrogen-bond donors (Lipinski definition) is 1. The largest absolute Gasteiger partial charge is 0.366 e. The molecule has 124 valence electrons. The van der Waals surface area contributed by atoms with Crippen LogP contribution in [0.5, 0.6) is 0 Å². The number of aromatic nitrogens is 3. The van der Waals surface area contributed by atoms with Gasteiger partial charge in [0, 0.05) is 18.3 Å². The molecule has 0 amide bonds. The highest BCUT2D eigenvalue weighted by molar-refractivity contribution is 9.10. The van der Waals surface area contributed by atoms with Gasteiger partial charge in [0.1, 0.15) is 17.3 Å². The molecule has 0 atom stereocenters. The molecule has 0 aliphatic carbocycles. The minimum atomic E-state index is -0.292. The third-order valence-electron chi connectivity index (χ3n) is 3.84. The predicted octanol–water partition coefficient (Wildman–Crippen LogP) is 4.91. The average Bonchev–Trinajstić information content (AvgIpc) is 2.97. The first kappa shape index (κ1) is 15.8. The van der Waals surface area contributed by atoms with Crippen molar-refractivity contribution in [3.8, 4) is 11.3 Å². The molecule has 1 N–H and O–H groups in total. The highest BCUT2D eigenvalue weighted by Gasteiger charge is 2.14. The molecule has 0 radical (unpaired) electrons. The summed E-state index contributed by atoms with van der Waals surface area (Å²) in [6.07, 6.45) is 1.84. The Bertz CT molecular complexity index is 1030. The van der Waals surface area contributed by atoms with Crippen molar-refractivity contribution in [2.75, 3.05) is 5.32 Å². The molecule has 4 nitrogen and oxygen atoms in total. The molecule has 0 spiro atoms. The summed E-state index contributed by atoms with van der Waals surface area (Å²) in [4.78, 5) is 4.61. The Morgan fingerprint density at radius 1 is 1.04 bits per heavy atom. The van der Waals surface area contributed by atoms with Gasteiger partial charge in [0.25, 0.3) is 0 Å². The van der Waals surface area contributed by atoms with Crippen molar-refractivity contribution in [2.45, 2.75) is 6.54 Å². The first-order valence-corrected chi connectivity index (χ1v) is 8.58. The normalized spacial score (nSPS) is 11.0. The van der Waals surface area contributed by atoms with Crippen LogP contribution in [0.25, 0.3) is 16.9 Å². The van der Waals surface area contributed by atoms with Crippen LogP contribution in [0.3, 0.4) is 0 Å². The van der Waals surface area contributed by atoms with Crippen molar-refractivity contribution < 1.29 is 4.39 Å². The van der Waals surface area contributed by atoms with E-state index in [0.717, 1.165) is 10.3 Å². The van der Waals surface area contributed by atoms with E-state index in [0.29, 0.717) is 23.4 Å². The van der Waals surface area contributed by atoms with Crippen molar-refractivity contribution >= 4 is 27.4 Å². The van der Waals surface area contributed by atoms with Crippen LogP contribution in [0.15, 0.2) is 71.3 Å². The Labute approximate surface area is 152 Å². The Morgan fingerprint density at radius 3 is 2.68 bits per heavy atom. The molecule has 4 aromatic rings. The molecule has 25 heavy (non-hydrogen) atoms. The third-order valence-corrected chi connectivity index (χ3v) is 4.57. The summed E-state index contributed by atoms with van der Waals surface area (Å²) in [5, 5.41) is 7.80. The van der Waals surface area contributed by atoms with Crippen molar-refractivity contribution in [3.63, 3.8) is 0 Å². The number of nitrogens with zero attached hydrogens (tertiary/aromatic N) is 3. The Balaban J connectivity index is 1.65. The fraction of sp³-hybridized carbons (Fsp3) is 0.0526. The van der Waals surface area contributed by atoms with E-state index in [1.165, 1.54) is 17.7 Å². The molecular formula is C19H14BrFN4. The number of rotatable bonds is 4. The van der Waals surface area contributed by atoms with Crippen LogP contribution in [0, 0.1) is 5.82 Å². The maximum atomic E-state index is 13.5. The van der Waals surface area contributed by atoms with Crippen molar-refractivity contribution in [3.05, 3.63) is 82.7 Å². The van der Waals surface area contributed by atoms with E-state index in [1.54, 1.807) is 10.6 Å². The summed E-state index contributed by atoms with van der Waals surface area (Å²) in [5.74, 6) is 0.461. The van der Waals surface area contributed by atoms with Crippen molar-refractivity contribution in [1.29, 1.82) is 0 Å². The lowest BCUT2D eigenvalue weighted by Crippen LogP contribution is -2.02. The Morgan fingerprint density at radius 2 is 1.88 bits per heavy atom. The number of anilines is 1. The summed E-state index contributed by atoms with van der Waals surface area (Å²) in [6.45, 7) is 0.687. The van der Waals surface area contributed by atoms with Gasteiger partial charge in [-0.15, -0.1) is 0 Å². The number of benzene rings is 2. The molecule has 2 heterocycles. The number of halogens is 2. The minimum Gasteiger partial charge on any atom is -0.366 e. The lowest BCUT2D eigenvalue weighted by Gasteiger charge is -2.05. The zero-order chi connectivity index (χ0) is 17.2. The maximum absolute atomic E-state index is 13.5. The molecule has 0 unspecified atom stereocenters. The summed E-state index contributed by atoms with van der Waals surface area (Å²) in [5.41, 5.74) is 3.22. The number of hydrogen-bond acceptors (Lipinski definition) is 3. The van der Waals surface area contributed by atoms with Gasteiger partial charge in [-0.1, -0.05) is 42.5 Å². The first-order valence-electron chi connectivity index (χ1n) is 7.79. The van der Waals surface area contributed by atoms with Gasteiger partial charge in [0.15, 0.2) is 5.65 Å². The van der Waals surface area contributed by atoms with Gasteiger partial charge in [0.2, 0.25) is 0 Å². The molecule has 6 heteroatoms. The van der Waals surface area contributed by atoms with E-state index in [2.05, 4.69) is 43.5 Å². The van der Waals surface area contributed by atoms with Crippen molar-refractivity contribution in [2.24, 2.45) is 0 Å². The average molecular weight is 397 g/mol. The van der Waals surface area contributed by atoms with Gasteiger partial charge >= 0.3 is 0 Å².